The summed E-state index contributed by atoms with van der Waals surface area (Å²) in [5.74, 6) is 0. The molecule has 3 rings (SSSR count). The third-order valence-corrected chi connectivity index (χ3v) is 3.94. The molecule has 0 fully saturated rings. The number of benzene rings is 3. The number of hydrazone groups is 1. The van der Waals surface area contributed by atoms with Crippen LogP contribution in [0.5, 0.6) is 0 Å². The molecule has 0 saturated carbocycles. The molecule has 5 nitrogen and oxygen atoms in total. The fourth-order valence-electron chi connectivity index (χ4n) is 2.52. The summed E-state index contributed by atoms with van der Waals surface area (Å²) in [5, 5.41) is 14.9. The van der Waals surface area contributed by atoms with Crippen LogP contribution in [0.3, 0.4) is 0 Å². The van der Waals surface area contributed by atoms with Gasteiger partial charge in [-0.2, -0.15) is 18.3 Å². The van der Waals surface area contributed by atoms with Crippen molar-refractivity contribution in [3.05, 3.63) is 94.0 Å². The first-order chi connectivity index (χ1) is 13.3. The third kappa shape index (κ3) is 4.53. The first-order valence-corrected chi connectivity index (χ1v) is 8.15. The summed E-state index contributed by atoms with van der Waals surface area (Å²) in [5.41, 5.74) is 3.31. The number of rotatable bonds is 5. The second-order valence-corrected chi connectivity index (χ2v) is 5.84. The number of hydrogen-bond acceptors (Lipinski definition) is 4. The van der Waals surface area contributed by atoms with Crippen molar-refractivity contribution in [1.82, 2.24) is 0 Å². The van der Waals surface area contributed by atoms with Gasteiger partial charge in [-0.3, -0.25) is 15.5 Å². The lowest BCUT2D eigenvalue weighted by molar-refractivity contribution is -0.384. The minimum Gasteiger partial charge on any atom is -0.272 e. The van der Waals surface area contributed by atoms with Crippen molar-refractivity contribution in [3.63, 3.8) is 0 Å². The molecule has 0 unspecified atom stereocenters. The molecule has 28 heavy (non-hydrogen) atoms. The Hall–Kier alpha value is -3.68. The van der Waals surface area contributed by atoms with Crippen LogP contribution in [0.25, 0.3) is 11.1 Å². The molecule has 1 N–H and O–H groups in total. The molecule has 8 heteroatoms. The van der Waals surface area contributed by atoms with E-state index in [0.29, 0.717) is 6.07 Å². The average molecular weight is 385 g/mol. The van der Waals surface area contributed by atoms with Gasteiger partial charge in [0.1, 0.15) is 5.69 Å². The minimum absolute atomic E-state index is 0.129. The van der Waals surface area contributed by atoms with E-state index in [1.165, 1.54) is 6.21 Å². The van der Waals surface area contributed by atoms with Crippen molar-refractivity contribution < 1.29 is 18.1 Å². The van der Waals surface area contributed by atoms with Crippen LogP contribution in [0.1, 0.15) is 11.1 Å². The van der Waals surface area contributed by atoms with Crippen LogP contribution in [0.4, 0.5) is 24.5 Å². The van der Waals surface area contributed by atoms with Gasteiger partial charge in [0, 0.05) is 6.07 Å². The molecule has 0 heterocycles. The summed E-state index contributed by atoms with van der Waals surface area (Å²) in [7, 11) is 0. The molecule has 0 aliphatic heterocycles. The molecule has 0 bridgehead atoms. The lowest BCUT2D eigenvalue weighted by Gasteiger charge is -2.08. The summed E-state index contributed by atoms with van der Waals surface area (Å²) >= 11 is 0. The molecule has 0 aliphatic rings. The highest BCUT2D eigenvalue weighted by atomic mass is 19.4. The number of nitro benzene ring substituents is 1. The van der Waals surface area contributed by atoms with Crippen LogP contribution in [0.15, 0.2) is 77.9 Å². The summed E-state index contributed by atoms with van der Waals surface area (Å²) in [4.78, 5) is 10.2. The van der Waals surface area contributed by atoms with Gasteiger partial charge in [-0.05, 0) is 28.8 Å². The Morgan fingerprint density at radius 3 is 2.18 bits per heavy atom. The van der Waals surface area contributed by atoms with E-state index in [1.54, 1.807) is 0 Å². The summed E-state index contributed by atoms with van der Waals surface area (Å²) < 4.78 is 38.2. The SMILES string of the molecule is O=[N+]([O-])c1cc(C(F)(F)F)ccc1N/N=C\c1ccc(-c2ccccc2)cc1. The summed E-state index contributed by atoms with van der Waals surface area (Å²) in [6.07, 6.45) is -3.23. The second-order valence-electron chi connectivity index (χ2n) is 5.84. The Kier molecular flexibility index (Phi) is 5.39. The maximum atomic E-state index is 12.7. The maximum absolute atomic E-state index is 12.7. The first kappa shape index (κ1) is 19.1. The molecule has 0 radical (unpaired) electrons. The fourth-order valence-corrected chi connectivity index (χ4v) is 2.52. The molecule has 0 aliphatic carbocycles. The topological polar surface area (TPSA) is 67.5 Å². The molecule has 3 aromatic rings. The van der Waals surface area contributed by atoms with Crippen LogP contribution >= 0.6 is 0 Å². The standard InChI is InChI=1S/C20H14F3N3O2/c21-20(22,23)17-10-11-18(19(12-17)26(27)28)25-24-13-14-6-8-16(9-7-14)15-4-2-1-3-5-15/h1-13,25H/b24-13-. The highest BCUT2D eigenvalue weighted by Crippen LogP contribution is 2.34. The van der Waals surface area contributed by atoms with Gasteiger partial charge >= 0.3 is 6.18 Å². The molecule has 0 amide bonds. The number of nitrogens with zero attached hydrogens (tertiary/aromatic N) is 2. The molecule has 0 saturated heterocycles. The van der Waals surface area contributed by atoms with Crippen LogP contribution in [-0.4, -0.2) is 11.1 Å². The van der Waals surface area contributed by atoms with Crippen molar-refractivity contribution >= 4 is 17.6 Å². The molecule has 0 atom stereocenters. The summed E-state index contributed by atoms with van der Waals surface area (Å²) in [6.45, 7) is 0. The largest absolute Gasteiger partial charge is 0.416 e. The predicted molar refractivity (Wildman–Crippen MR) is 101 cm³/mol. The Morgan fingerprint density at radius 2 is 1.57 bits per heavy atom. The number of anilines is 1. The number of alkyl halides is 3. The van der Waals surface area contributed by atoms with Crippen molar-refractivity contribution in [2.75, 3.05) is 5.43 Å². The van der Waals surface area contributed by atoms with E-state index in [2.05, 4.69) is 10.5 Å². The fraction of sp³-hybridized carbons (Fsp3) is 0.0500. The van der Waals surface area contributed by atoms with E-state index in [0.717, 1.165) is 28.8 Å². The van der Waals surface area contributed by atoms with Crippen molar-refractivity contribution in [2.45, 2.75) is 6.18 Å². The lowest BCUT2D eigenvalue weighted by Crippen LogP contribution is -2.06. The van der Waals surface area contributed by atoms with E-state index < -0.39 is 22.4 Å². The second kappa shape index (κ2) is 7.91. The van der Waals surface area contributed by atoms with Gasteiger partial charge in [0.05, 0.1) is 16.7 Å². The van der Waals surface area contributed by atoms with Gasteiger partial charge in [-0.15, -0.1) is 0 Å². The Balaban J connectivity index is 1.75. The maximum Gasteiger partial charge on any atom is 0.416 e. The highest BCUT2D eigenvalue weighted by molar-refractivity contribution is 5.82. The van der Waals surface area contributed by atoms with Gasteiger partial charge in [0.2, 0.25) is 0 Å². The van der Waals surface area contributed by atoms with Crippen molar-refractivity contribution in [2.24, 2.45) is 5.10 Å². The number of nitrogens with one attached hydrogen (secondary N) is 1. The first-order valence-electron chi connectivity index (χ1n) is 8.15. The summed E-state index contributed by atoms with van der Waals surface area (Å²) in [6, 6.07) is 19.4. The zero-order valence-corrected chi connectivity index (χ0v) is 14.4. The molecular formula is C20H14F3N3O2. The lowest BCUT2D eigenvalue weighted by atomic mass is 10.0. The number of halogens is 3. The molecule has 0 aromatic heterocycles. The zero-order chi connectivity index (χ0) is 20.1. The van der Waals surface area contributed by atoms with Crippen molar-refractivity contribution in [3.8, 4) is 11.1 Å². The van der Waals surface area contributed by atoms with Gasteiger partial charge in [0.25, 0.3) is 5.69 Å². The quantitative estimate of drug-likeness (QED) is 0.347. The molecule has 0 spiro atoms. The van der Waals surface area contributed by atoms with E-state index in [9.17, 15) is 23.3 Å². The highest BCUT2D eigenvalue weighted by Gasteiger charge is 2.33. The van der Waals surface area contributed by atoms with Crippen LogP contribution in [0, 0.1) is 10.1 Å². The van der Waals surface area contributed by atoms with E-state index in [4.69, 9.17) is 0 Å². The normalized spacial score (nSPS) is 11.5. The van der Waals surface area contributed by atoms with E-state index in [1.807, 2.05) is 54.6 Å². The monoisotopic (exact) mass is 385 g/mol. The van der Waals surface area contributed by atoms with Gasteiger partial charge in [-0.1, -0.05) is 54.6 Å². The van der Waals surface area contributed by atoms with Crippen LogP contribution < -0.4 is 5.43 Å². The number of nitro groups is 1. The van der Waals surface area contributed by atoms with Crippen LogP contribution in [0.2, 0.25) is 0 Å². The molecule has 3 aromatic carbocycles. The average Bonchev–Trinajstić information content (AvgIpc) is 2.68. The minimum atomic E-state index is -4.66. The van der Waals surface area contributed by atoms with Gasteiger partial charge in [-0.25, -0.2) is 0 Å². The Labute approximate surface area is 158 Å². The van der Waals surface area contributed by atoms with E-state index in [-0.39, 0.29) is 5.69 Å². The molecule has 142 valence electrons. The van der Waals surface area contributed by atoms with Crippen LogP contribution in [-0.2, 0) is 6.18 Å². The third-order valence-electron chi connectivity index (χ3n) is 3.94. The Bertz CT molecular complexity index is 1000. The molecular weight excluding hydrogens is 371 g/mol. The van der Waals surface area contributed by atoms with Gasteiger partial charge < -0.3 is 0 Å². The van der Waals surface area contributed by atoms with Gasteiger partial charge in [0.15, 0.2) is 0 Å². The smallest absolute Gasteiger partial charge is 0.272 e. The van der Waals surface area contributed by atoms with Crippen molar-refractivity contribution in [1.29, 1.82) is 0 Å². The Morgan fingerprint density at radius 1 is 0.929 bits per heavy atom. The van der Waals surface area contributed by atoms with E-state index >= 15 is 0 Å². The predicted octanol–water partition coefficient (Wildman–Crippen LogP) is 5.73. The number of hydrogen-bond donors (Lipinski definition) is 1. The zero-order valence-electron chi connectivity index (χ0n) is 14.4.